The lowest BCUT2D eigenvalue weighted by Crippen LogP contribution is -2.74. The standard InChI is InChI=1S/C22H29N5O/c1-5-15-13-18(26-21(25-15)17-10-6-7-11-23-17)27-12-8-9-16-19(24-14(2)28)22(3,4)20(16)27/h6-7,10-11,13,16,19-20H,5,8-9,12H2,1-4H3,(H,24,28). The molecule has 6 nitrogen and oxygen atoms in total. The number of fused-ring (bicyclic) bond motifs is 1. The van der Waals surface area contributed by atoms with Gasteiger partial charge < -0.3 is 10.2 Å². The average molecular weight is 380 g/mol. The number of rotatable bonds is 4. The number of hydrogen-bond donors (Lipinski definition) is 1. The van der Waals surface area contributed by atoms with E-state index in [1.807, 2.05) is 18.2 Å². The summed E-state index contributed by atoms with van der Waals surface area (Å²) in [5.74, 6) is 2.19. The Balaban J connectivity index is 1.70. The van der Waals surface area contributed by atoms with E-state index < -0.39 is 0 Å². The van der Waals surface area contributed by atoms with Gasteiger partial charge in [0.25, 0.3) is 0 Å². The molecule has 1 N–H and O–H groups in total. The highest BCUT2D eigenvalue weighted by Crippen LogP contribution is 2.53. The normalized spacial score (nSPS) is 25.6. The largest absolute Gasteiger partial charge is 0.353 e. The van der Waals surface area contributed by atoms with E-state index in [1.165, 1.54) is 0 Å². The van der Waals surface area contributed by atoms with Gasteiger partial charge in [-0.15, -0.1) is 0 Å². The second-order valence-corrected chi connectivity index (χ2v) is 8.55. The van der Waals surface area contributed by atoms with Crippen molar-refractivity contribution in [2.24, 2.45) is 11.3 Å². The van der Waals surface area contributed by atoms with Crippen LogP contribution >= 0.6 is 0 Å². The molecule has 3 atom stereocenters. The number of piperidine rings is 1. The molecule has 3 heterocycles. The van der Waals surface area contributed by atoms with Crippen LogP contribution in [0.4, 0.5) is 5.82 Å². The van der Waals surface area contributed by atoms with Crippen LogP contribution in [-0.4, -0.2) is 39.5 Å². The molecular weight excluding hydrogens is 350 g/mol. The van der Waals surface area contributed by atoms with Gasteiger partial charge in [-0.2, -0.15) is 0 Å². The molecule has 2 fully saturated rings. The Kier molecular flexibility index (Phi) is 4.81. The van der Waals surface area contributed by atoms with E-state index in [4.69, 9.17) is 9.97 Å². The Morgan fingerprint density at radius 2 is 2.14 bits per heavy atom. The Morgan fingerprint density at radius 1 is 1.32 bits per heavy atom. The fourth-order valence-corrected chi connectivity index (χ4v) is 5.13. The molecular formula is C22H29N5O. The molecule has 2 aromatic heterocycles. The van der Waals surface area contributed by atoms with Crippen LogP contribution in [0.3, 0.4) is 0 Å². The number of aryl methyl sites for hydroxylation is 1. The van der Waals surface area contributed by atoms with E-state index in [0.717, 1.165) is 43.0 Å². The lowest BCUT2D eigenvalue weighted by atomic mass is 9.52. The SMILES string of the molecule is CCc1cc(N2CCCC3C(NC(C)=O)C(C)(C)C32)nc(-c2ccccn2)n1. The van der Waals surface area contributed by atoms with Crippen LogP contribution in [0.25, 0.3) is 11.5 Å². The Hall–Kier alpha value is -2.50. The van der Waals surface area contributed by atoms with E-state index in [1.54, 1.807) is 13.1 Å². The molecule has 1 aliphatic heterocycles. The highest BCUT2D eigenvalue weighted by atomic mass is 16.1. The maximum Gasteiger partial charge on any atom is 0.217 e. The minimum Gasteiger partial charge on any atom is -0.353 e. The molecule has 6 heteroatoms. The van der Waals surface area contributed by atoms with E-state index in [-0.39, 0.29) is 17.4 Å². The van der Waals surface area contributed by atoms with Crippen LogP contribution in [0.5, 0.6) is 0 Å². The molecule has 148 valence electrons. The van der Waals surface area contributed by atoms with Crippen molar-refractivity contribution < 1.29 is 4.79 Å². The summed E-state index contributed by atoms with van der Waals surface area (Å²) >= 11 is 0. The maximum absolute atomic E-state index is 11.7. The zero-order valence-corrected chi connectivity index (χ0v) is 17.1. The van der Waals surface area contributed by atoms with Gasteiger partial charge in [0.2, 0.25) is 5.91 Å². The van der Waals surface area contributed by atoms with Gasteiger partial charge in [0.15, 0.2) is 5.82 Å². The quantitative estimate of drug-likeness (QED) is 0.883. The second-order valence-electron chi connectivity index (χ2n) is 8.55. The van der Waals surface area contributed by atoms with Crippen molar-refractivity contribution in [1.29, 1.82) is 0 Å². The maximum atomic E-state index is 11.7. The lowest BCUT2D eigenvalue weighted by molar-refractivity contribution is -0.125. The van der Waals surface area contributed by atoms with Crippen molar-refractivity contribution >= 4 is 11.7 Å². The summed E-state index contributed by atoms with van der Waals surface area (Å²) in [7, 11) is 0. The predicted octanol–water partition coefficient (Wildman–Crippen LogP) is 3.23. The number of carbonyl (C=O) groups excluding carboxylic acids is 1. The molecule has 2 aromatic rings. The van der Waals surface area contributed by atoms with E-state index in [2.05, 4.69) is 42.0 Å². The van der Waals surface area contributed by atoms with Crippen molar-refractivity contribution in [2.45, 2.75) is 59.0 Å². The third kappa shape index (κ3) is 3.15. The summed E-state index contributed by atoms with van der Waals surface area (Å²) in [5.41, 5.74) is 1.83. The number of hydrogen-bond acceptors (Lipinski definition) is 5. The molecule has 0 bridgehead atoms. The molecule has 3 unspecified atom stereocenters. The van der Waals surface area contributed by atoms with E-state index in [9.17, 15) is 4.79 Å². The van der Waals surface area contributed by atoms with Gasteiger partial charge >= 0.3 is 0 Å². The molecule has 0 spiro atoms. The summed E-state index contributed by atoms with van der Waals surface area (Å²) in [6.07, 6.45) is 4.89. The fourth-order valence-electron chi connectivity index (χ4n) is 5.13. The molecule has 2 aliphatic rings. The number of amides is 1. The summed E-state index contributed by atoms with van der Waals surface area (Å²) in [6, 6.07) is 8.54. The Labute approximate surface area is 166 Å². The second kappa shape index (κ2) is 7.15. The molecule has 1 aliphatic carbocycles. The van der Waals surface area contributed by atoms with Crippen molar-refractivity contribution in [3.8, 4) is 11.5 Å². The molecule has 1 saturated carbocycles. The average Bonchev–Trinajstić information content (AvgIpc) is 2.71. The number of pyridine rings is 1. The Morgan fingerprint density at radius 3 is 2.82 bits per heavy atom. The van der Waals surface area contributed by atoms with Gasteiger partial charge in [-0.25, -0.2) is 9.97 Å². The van der Waals surface area contributed by atoms with Gasteiger partial charge in [-0.3, -0.25) is 9.78 Å². The summed E-state index contributed by atoms with van der Waals surface area (Å²) in [6.45, 7) is 9.23. The highest BCUT2D eigenvalue weighted by Gasteiger charge is 2.60. The summed E-state index contributed by atoms with van der Waals surface area (Å²) < 4.78 is 0. The van der Waals surface area contributed by atoms with Gasteiger partial charge in [0, 0.05) is 54.8 Å². The molecule has 0 aromatic carbocycles. The Bertz CT molecular complexity index is 866. The topological polar surface area (TPSA) is 71.0 Å². The van der Waals surface area contributed by atoms with E-state index >= 15 is 0 Å². The van der Waals surface area contributed by atoms with Crippen LogP contribution in [-0.2, 0) is 11.2 Å². The van der Waals surface area contributed by atoms with Gasteiger partial charge in [0.05, 0.1) is 0 Å². The zero-order chi connectivity index (χ0) is 19.9. The molecule has 1 amide bonds. The van der Waals surface area contributed by atoms with Crippen molar-refractivity contribution in [3.63, 3.8) is 0 Å². The highest BCUT2D eigenvalue weighted by molar-refractivity contribution is 5.73. The minimum absolute atomic E-state index is 0.000749. The molecule has 28 heavy (non-hydrogen) atoms. The first-order valence-electron chi connectivity index (χ1n) is 10.2. The van der Waals surface area contributed by atoms with Crippen molar-refractivity contribution in [2.75, 3.05) is 11.4 Å². The van der Waals surface area contributed by atoms with Gasteiger partial charge in [0.1, 0.15) is 11.5 Å². The molecule has 4 rings (SSSR count). The number of aromatic nitrogens is 3. The lowest BCUT2D eigenvalue weighted by Gasteiger charge is -2.64. The smallest absolute Gasteiger partial charge is 0.217 e. The number of nitrogens with one attached hydrogen (secondary N) is 1. The fraction of sp³-hybridized carbons (Fsp3) is 0.545. The van der Waals surface area contributed by atoms with E-state index in [0.29, 0.717) is 17.8 Å². The van der Waals surface area contributed by atoms with Crippen LogP contribution in [0.15, 0.2) is 30.5 Å². The summed E-state index contributed by atoms with van der Waals surface area (Å²) in [5, 5.41) is 3.19. The number of nitrogens with zero attached hydrogens (tertiary/aromatic N) is 4. The monoisotopic (exact) mass is 379 g/mol. The molecule has 1 saturated heterocycles. The van der Waals surface area contributed by atoms with Crippen molar-refractivity contribution in [1.82, 2.24) is 20.3 Å². The first-order chi connectivity index (χ1) is 13.4. The zero-order valence-electron chi connectivity index (χ0n) is 17.1. The molecule has 0 radical (unpaired) electrons. The predicted molar refractivity (Wildman–Crippen MR) is 110 cm³/mol. The van der Waals surface area contributed by atoms with Crippen LogP contribution < -0.4 is 10.2 Å². The first kappa shape index (κ1) is 18.8. The number of anilines is 1. The first-order valence-corrected chi connectivity index (χ1v) is 10.2. The van der Waals surface area contributed by atoms with Crippen molar-refractivity contribution in [3.05, 3.63) is 36.2 Å². The number of carbonyl (C=O) groups is 1. The summed E-state index contributed by atoms with van der Waals surface area (Å²) in [4.78, 5) is 28.2. The third-order valence-corrected chi connectivity index (χ3v) is 6.34. The minimum atomic E-state index is -0.000749. The van der Waals surface area contributed by atoms with Gasteiger partial charge in [-0.05, 0) is 31.4 Å². The third-order valence-electron chi connectivity index (χ3n) is 6.34. The van der Waals surface area contributed by atoms with Crippen LogP contribution in [0, 0.1) is 11.3 Å². The van der Waals surface area contributed by atoms with Crippen LogP contribution in [0.1, 0.15) is 46.2 Å². The van der Waals surface area contributed by atoms with Crippen LogP contribution in [0.2, 0.25) is 0 Å². The van der Waals surface area contributed by atoms with Gasteiger partial charge in [-0.1, -0.05) is 26.8 Å².